The van der Waals surface area contributed by atoms with E-state index in [9.17, 15) is 19.7 Å². The minimum absolute atomic E-state index is 0.0253. The molecule has 0 saturated carbocycles. The zero-order valence-corrected chi connectivity index (χ0v) is 15.7. The van der Waals surface area contributed by atoms with Crippen LogP contribution in [0.5, 0.6) is 0 Å². The molecule has 1 unspecified atom stereocenters. The van der Waals surface area contributed by atoms with Crippen molar-refractivity contribution in [1.29, 1.82) is 0 Å². The average molecular weight is 396 g/mol. The molecule has 0 aromatic carbocycles. The van der Waals surface area contributed by atoms with E-state index in [2.05, 4.69) is 10.3 Å². The number of alkyl halides is 1. The number of carbonyl (C=O) groups excluding carboxylic acids is 2. The number of methoxy groups -OCH3 is 1. The lowest BCUT2D eigenvalue weighted by Crippen LogP contribution is -2.32. The molecule has 27 heavy (non-hydrogen) atoms. The van der Waals surface area contributed by atoms with Crippen molar-refractivity contribution in [2.45, 2.75) is 19.8 Å². The van der Waals surface area contributed by atoms with Crippen LogP contribution in [0.2, 0.25) is 0 Å². The first-order valence-corrected chi connectivity index (χ1v) is 8.46. The highest BCUT2D eigenvalue weighted by Gasteiger charge is 2.40. The first-order chi connectivity index (χ1) is 12.8. The van der Waals surface area contributed by atoms with E-state index in [4.69, 9.17) is 21.1 Å². The number of aromatic nitrogens is 1. The third kappa shape index (κ3) is 4.25. The number of halogens is 1. The van der Waals surface area contributed by atoms with Crippen LogP contribution in [-0.2, 0) is 19.1 Å². The number of nitrogens with one attached hydrogen (secondary N) is 1. The summed E-state index contributed by atoms with van der Waals surface area (Å²) in [4.78, 5) is 39.5. The molecule has 10 heteroatoms. The smallest absolute Gasteiger partial charge is 0.363 e. The Morgan fingerprint density at radius 2 is 1.89 bits per heavy atom. The van der Waals surface area contributed by atoms with Gasteiger partial charge in [0, 0.05) is 17.5 Å². The van der Waals surface area contributed by atoms with E-state index in [0.717, 1.165) is 0 Å². The number of esters is 2. The lowest BCUT2D eigenvalue weighted by atomic mass is 9.82. The molecule has 0 spiro atoms. The van der Waals surface area contributed by atoms with Gasteiger partial charge in [0.15, 0.2) is 5.69 Å². The largest absolute Gasteiger partial charge is 0.466 e. The second-order valence-corrected chi connectivity index (χ2v) is 6.01. The number of dihydropyridines is 1. The monoisotopic (exact) mass is 395 g/mol. The van der Waals surface area contributed by atoms with Gasteiger partial charge >= 0.3 is 17.8 Å². The normalized spacial score (nSPS) is 16.7. The van der Waals surface area contributed by atoms with Crippen LogP contribution in [0.4, 0.5) is 5.82 Å². The highest BCUT2D eigenvalue weighted by atomic mass is 35.5. The first kappa shape index (κ1) is 20.4. The predicted octanol–water partition coefficient (Wildman–Crippen LogP) is 2.18. The fraction of sp³-hybridized carbons (Fsp3) is 0.353. The molecule has 0 fully saturated rings. The quantitative estimate of drug-likeness (QED) is 0.336. The zero-order valence-electron chi connectivity index (χ0n) is 14.9. The third-order valence-corrected chi connectivity index (χ3v) is 4.09. The van der Waals surface area contributed by atoms with Gasteiger partial charge < -0.3 is 24.9 Å². The molecular formula is C17H18ClN3O6. The molecule has 9 nitrogen and oxygen atoms in total. The third-order valence-electron chi connectivity index (χ3n) is 3.93. The highest BCUT2D eigenvalue weighted by Crippen LogP contribution is 2.38. The first-order valence-electron chi connectivity index (χ1n) is 7.93. The Labute approximate surface area is 160 Å². The number of hydrogen-bond donors (Lipinski definition) is 1. The topological polar surface area (TPSA) is 121 Å². The molecule has 1 atom stereocenters. The Morgan fingerprint density at radius 3 is 2.44 bits per heavy atom. The number of allylic oxidation sites excluding steroid dienone is 2. The SMILES string of the molecule is COC(=O)C1=C(C)NC(C)=C(C(=O)OCCCl)C1c1cccc([N+](=O)[O-])n1. The summed E-state index contributed by atoms with van der Waals surface area (Å²) in [5.74, 6) is -2.68. The molecule has 0 bridgehead atoms. The maximum absolute atomic E-state index is 12.6. The maximum Gasteiger partial charge on any atom is 0.363 e. The number of ether oxygens (including phenoxy) is 2. The molecule has 2 heterocycles. The van der Waals surface area contributed by atoms with Crippen LogP contribution >= 0.6 is 11.6 Å². The molecule has 0 amide bonds. The van der Waals surface area contributed by atoms with Gasteiger partial charge in [-0.15, -0.1) is 11.6 Å². The second kappa shape index (κ2) is 8.63. The van der Waals surface area contributed by atoms with Gasteiger partial charge in [0.25, 0.3) is 0 Å². The Morgan fingerprint density at radius 1 is 1.26 bits per heavy atom. The van der Waals surface area contributed by atoms with Crippen molar-refractivity contribution >= 4 is 29.4 Å². The summed E-state index contributed by atoms with van der Waals surface area (Å²) in [6.07, 6.45) is 0. The van der Waals surface area contributed by atoms with E-state index < -0.39 is 28.6 Å². The van der Waals surface area contributed by atoms with E-state index in [1.807, 2.05) is 0 Å². The van der Waals surface area contributed by atoms with Crippen LogP contribution < -0.4 is 5.32 Å². The predicted molar refractivity (Wildman–Crippen MR) is 95.9 cm³/mol. The van der Waals surface area contributed by atoms with Crippen molar-refractivity contribution in [2.24, 2.45) is 0 Å². The average Bonchev–Trinajstić information content (AvgIpc) is 2.64. The van der Waals surface area contributed by atoms with Gasteiger partial charge in [-0.2, -0.15) is 0 Å². The molecule has 0 aliphatic carbocycles. The van der Waals surface area contributed by atoms with Crippen LogP contribution in [0, 0.1) is 10.1 Å². The number of nitrogens with zero attached hydrogens (tertiary/aromatic N) is 2. The van der Waals surface area contributed by atoms with Gasteiger partial charge in [0.2, 0.25) is 0 Å². The van der Waals surface area contributed by atoms with Gasteiger partial charge in [0.1, 0.15) is 6.61 Å². The zero-order chi connectivity index (χ0) is 20.1. The lowest BCUT2D eigenvalue weighted by Gasteiger charge is -2.28. The van der Waals surface area contributed by atoms with E-state index in [0.29, 0.717) is 11.4 Å². The number of hydrogen-bond acceptors (Lipinski definition) is 8. The molecule has 1 aromatic rings. The Balaban J connectivity index is 2.65. The van der Waals surface area contributed by atoms with Gasteiger partial charge in [-0.05, 0) is 35.9 Å². The van der Waals surface area contributed by atoms with E-state index in [1.165, 1.54) is 25.3 Å². The molecule has 0 saturated heterocycles. The van der Waals surface area contributed by atoms with E-state index in [-0.39, 0.29) is 29.3 Å². The summed E-state index contributed by atoms with van der Waals surface area (Å²) in [7, 11) is 1.21. The summed E-state index contributed by atoms with van der Waals surface area (Å²) in [6.45, 7) is 3.25. The van der Waals surface area contributed by atoms with Crippen molar-refractivity contribution in [3.8, 4) is 0 Å². The van der Waals surface area contributed by atoms with Crippen molar-refractivity contribution in [3.05, 3.63) is 56.5 Å². The summed E-state index contributed by atoms with van der Waals surface area (Å²) in [6, 6.07) is 4.16. The molecule has 2 rings (SSSR count). The number of nitro groups is 1. The number of pyridine rings is 1. The number of carbonyl (C=O) groups is 2. The van der Waals surface area contributed by atoms with Gasteiger partial charge in [-0.25, -0.2) is 9.59 Å². The summed E-state index contributed by atoms with van der Waals surface area (Å²) < 4.78 is 9.96. The van der Waals surface area contributed by atoms with Crippen molar-refractivity contribution in [3.63, 3.8) is 0 Å². The second-order valence-electron chi connectivity index (χ2n) is 5.63. The van der Waals surface area contributed by atoms with E-state index in [1.54, 1.807) is 13.8 Å². The maximum atomic E-state index is 12.6. The molecule has 1 aliphatic rings. The van der Waals surface area contributed by atoms with Crippen LogP contribution in [0.1, 0.15) is 25.5 Å². The summed E-state index contributed by atoms with van der Waals surface area (Å²) >= 11 is 5.58. The fourth-order valence-corrected chi connectivity index (χ4v) is 2.93. The van der Waals surface area contributed by atoms with Crippen molar-refractivity contribution in [1.82, 2.24) is 10.3 Å². The Hall–Kier alpha value is -2.94. The van der Waals surface area contributed by atoms with Crippen LogP contribution in [0.15, 0.2) is 40.7 Å². The highest BCUT2D eigenvalue weighted by molar-refractivity contribution is 6.18. The van der Waals surface area contributed by atoms with Gasteiger partial charge in [-0.1, -0.05) is 0 Å². The van der Waals surface area contributed by atoms with Gasteiger partial charge in [-0.3, -0.25) is 0 Å². The minimum Gasteiger partial charge on any atom is -0.466 e. The molecule has 1 N–H and O–H groups in total. The summed E-state index contributed by atoms with van der Waals surface area (Å²) in [5, 5.41) is 14.1. The van der Waals surface area contributed by atoms with Crippen LogP contribution in [0.25, 0.3) is 0 Å². The molecular weight excluding hydrogens is 378 g/mol. The van der Waals surface area contributed by atoms with Crippen molar-refractivity contribution in [2.75, 3.05) is 19.6 Å². The lowest BCUT2D eigenvalue weighted by molar-refractivity contribution is -0.389. The summed E-state index contributed by atoms with van der Waals surface area (Å²) in [5.41, 5.74) is 1.28. The van der Waals surface area contributed by atoms with Crippen LogP contribution in [-0.4, -0.2) is 41.4 Å². The van der Waals surface area contributed by atoms with Gasteiger partial charge in [0.05, 0.1) is 30.1 Å². The molecule has 1 aliphatic heterocycles. The fourth-order valence-electron chi connectivity index (χ4n) is 2.85. The van der Waals surface area contributed by atoms with E-state index >= 15 is 0 Å². The van der Waals surface area contributed by atoms with Crippen molar-refractivity contribution < 1.29 is 24.0 Å². The molecule has 0 radical (unpaired) electrons. The Kier molecular flexibility index (Phi) is 6.51. The molecule has 144 valence electrons. The minimum atomic E-state index is -0.985. The van der Waals surface area contributed by atoms with Crippen LogP contribution in [0.3, 0.4) is 0 Å². The number of rotatable bonds is 6. The standard InChI is InChI=1S/C17H18ClN3O6/c1-9-13(16(22)26-3)15(11-5-4-6-12(20-11)21(24)25)14(10(2)19-9)17(23)27-8-7-18/h4-6,15,19H,7-8H2,1-3H3. The molecule has 1 aromatic heterocycles. The Bertz CT molecular complexity index is 849.